The molecule has 3 amide bonds. The molecule has 2 aliphatic rings. The van der Waals surface area contributed by atoms with Crippen LogP contribution < -0.4 is 10.6 Å². The summed E-state index contributed by atoms with van der Waals surface area (Å²) in [6.07, 6.45) is 1.61. The van der Waals surface area contributed by atoms with Crippen LogP contribution in [0.4, 0.5) is 0 Å². The molecule has 1 fully saturated rings. The highest BCUT2D eigenvalue weighted by molar-refractivity contribution is 8.01. The highest BCUT2D eigenvalue weighted by Gasteiger charge is 2.57. The third-order valence-electron chi connectivity index (χ3n) is 6.41. The predicted octanol–water partition coefficient (Wildman–Crippen LogP) is 3.50. The van der Waals surface area contributed by atoms with Crippen molar-refractivity contribution in [1.29, 1.82) is 0 Å². The Balaban J connectivity index is 1.71. The standard InChI is InChI=1S/C25H37N3O4S/c1-7-16(4)19(21(29)26-13-10-14-32-15(2)3)27-22(30)20-25(5,6)33-24-18-12-9-8-11-17(18)23(31)28(20)24/h8-9,11-12,15-16,19-20,24H,7,10,13-14H2,1-6H3,(H,26,29)(H,27,30)/t16-,19+,20-,24-/m1/s1. The number of ether oxygens (including phenoxy) is 1. The van der Waals surface area contributed by atoms with Crippen molar-refractivity contribution < 1.29 is 19.1 Å². The van der Waals surface area contributed by atoms with E-state index in [1.54, 1.807) is 16.7 Å². The van der Waals surface area contributed by atoms with Crippen LogP contribution in [-0.2, 0) is 14.3 Å². The molecule has 1 saturated heterocycles. The Hall–Kier alpha value is -2.06. The molecule has 7 nitrogen and oxygen atoms in total. The number of thioether (sulfide) groups is 1. The first-order chi connectivity index (χ1) is 15.6. The minimum Gasteiger partial charge on any atom is -0.379 e. The average Bonchev–Trinajstić information content (AvgIpc) is 3.20. The molecule has 1 aromatic carbocycles. The molecule has 4 atom stereocenters. The Morgan fingerprint density at radius 1 is 1.21 bits per heavy atom. The van der Waals surface area contributed by atoms with Crippen LogP contribution in [0.2, 0.25) is 0 Å². The largest absolute Gasteiger partial charge is 0.379 e. The quantitative estimate of drug-likeness (QED) is 0.506. The van der Waals surface area contributed by atoms with Gasteiger partial charge in [0.1, 0.15) is 17.5 Å². The van der Waals surface area contributed by atoms with Gasteiger partial charge in [-0.1, -0.05) is 38.5 Å². The maximum atomic E-state index is 13.6. The zero-order chi connectivity index (χ0) is 24.3. The lowest BCUT2D eigenvalue weighted by Gasteiger charge is -2.32. The molecule has 182 valence electrons. The Bertz CT molecular complexity index is 888. The average molecular weight is 476 g/mol. The van der Waals surface area contributed by atoms with Gasteiger partial charge in [-0.05, 0) is 51.7 Å². The summed E-state index contributed by atoms with van der Waals surface area (Å²) in [7, 11) is 0. The molecule has 8 heteroatoms. The summed E-state index contributed by atoms with van der Waals surface area (Å²) in [5.74, 6) is -0.637. The van der Waals surface area contributed by atoms with Gasteiger partial charge >= 0.3 is 0 Å². The third kappa shape index (κ3) is 5.38. The minimum atomic E-state index is -0.661. The lowest BCUT2D eigenvalue weighted by molar-refractivity contribution is -0.133. The maximum absolute atomic E-state index is 13.6. The summed E-state index contributed by atoms with van der Waals surface area (Å²) in [5, 5.41) is 5.75. The van der Waals surface area contributed by atoms with Gasteiger partial charge in [0, 0.05) is 23.5 Å². The Morgan fingerprint density at radius 2 is 1.91 bits per heavy atom. The number of carbonyl (C=O) groups excluding carboxylic acids is 3. The Kier molecular flexibility index (Phi) is 8.11. The molecule has 0 saturated carbocycles. The first-order valence-electron chi connectivity index (χ1n) is 11.9. The van der Waals surface area contributed by atoms with Gasteiger partial charge in [-0.25, -0.2) is 0 Å². The van der Waals surface area contributed by atoms with Gasteiger partial charge in [0.05, 0.1) is 6.10 Å². The Labute approximate surface area is 201 Å². The second kappa shape index (κ2) is 10.5. The highest BCUT2D eigenvalue weighted by Crippen LogP contribution is 2.56. The number of benzene rings is 1. The number of nitrogens with zero attached hydrogens (tertiary/aromatic N) is 1. The van der Waals surface area contributed by atoms with E-state index in [1.807, 2.05) is 65.8 Å². The molecule has 1 aromatic rings. The van der Waals surface area contributed by atoms with E-state index in [2.05, 4.69) is 10.6 Å². The zero-order valence-electron chi connectivity index (χ0n) is 20.5. The minimum absolute atomic E-state index is 0.0414. The van der Waals surface area contributed by atoms with E-state index in [0.29, 0.717) is 25.1 Å². The Morgan fingerprint density at radius 3 is 2.58 bits per heavy atom. The monoisotopic (exact) mass is 475 g/mol. The number of hydrogen-bond donors (Lipinski definition) is 2. The molecule has 33 heavy (non-hydrogen) atoms. The van der Waals surface area contributed by atoms with Crippen molar-refractivity contribution in [1.82, 2.24) is 15.5 Å². The van der Waals surface area contributed by atoms with Crippen molar-refractivity contribution in [2.45, 2.75) is 82.7 Å². The van der Waals surface area contributed by atoms with Crippen molar-refractivity contribution >= 4 is 29.5 Å². The van der Waals surface area contributed by atoms with Crippen molar-refractivity contribution in [2.75, 3.05) is 13.2 Å². The van der Waals surface area contributed by atoms with E-state index < -0.39 is 16.8 Å². The van der Waals surface area contributed by atoms with Crippen LogP contribution >= 0.6 is 11.8 Å². The molecule has 2 N–H and O–H groups in total. The maximum Gasteiger partial charge on any atom is 0.256 e. The molecule has 0 radical (unpaired) electrons. The highest BCUT2D eigenvalue weighted by atomic mass is 32.2. The second-order valence-electron chi connectivity index (χ2n) is 9.71. The van der Waals surface area contributed by atoms with Gasteiger partial charge in [0.2, 0.25) is 11.8 Å². The topological polar surface area (TPSA) is 87.7 Å². The van der Waals surface area contributed by atoms with Gasteiger partial charge in [-0.2, -0.15) is 0 Å². The fourth-order valence-electron chi connectivity index (χ4n) is 4.45. The fraction of sp³-hybridized carbons (Fsp3) is 0.640. The normalized spacial score (nSPS) is 22.6. The fourth-order valence-corrected chi connectivity index (χ4v) is 6.04. The molecule has 0 unspecified atom stereocenters. The summed E-state index contributed by atoms with van der Waals surface area (Å²) >= 11 is 1.62. The predicted molar refractivity (Wildman–Crippen MR) is 131 cm³/mol. The van der Waals surface area contributed by atoms with Crippen molar-refractivity contribution in [3.05, 3.63) is 35.4 Å². The molecule has 0 aromatic heterocycles. The van der Waals surface area contributed by atoms with Gasteiger partial charge in [-0.15, -0.1) is 11.8 Å². The van der Waals surface area contributed by atoms with E-state index >= 15 is 0 Å². The smallest absolute Gasteiger partial charge is 0.256 e. The molecule has 2 heterocycles. The molecule has 0 bridgehead atoms. The van der Waals surface area contributed by atoms with Gasteiger partial charge < -0.3 is 20.3 Å². The summed E-state index contributed by atoms with van der Waals surface area (Å²) in [6.45, 7) is 13.0. The third-order valence-corrected chi connectivity index (χ3v) is 7.94. The first kappa shape index (κ1) is 25.6. The molecular formula is C25H37N3O4S. The van der Waals surface area contributed by atoms with Gasteiger partial charge in [0.15, 0.2) is 0 Å². The van der Waals surface area contributed by atoms with Crippen LogP contribution in [0.25, 0.3) is 0 Å². The van der Waals surface area contributed by atoms with Crippen LogP contribution in [0, 0.1) is 5.92 Å². The van der Waals surface area contributed by atoms with E-state index in [1.165, 1.54) is 0 Å². The number of nitrogens with one attached hydrogen (secondary N) is 2. The first-order valence-corrected chi connectivity index (χ1v) is 12.8. The van der Waals surface area contributed by atoms with E-state index in [4.69, 9.17) is 4.74 Å². The summed E-state index contributed by atoms with van der Waals surface area (Å²) in [6, 6.07) is 6.22. The SMILES string of the molecule is CC[C@@H](C)[C@H](NC(=O)[C@H]1N2C(=O)c3ccccc3[C@H]2SC1(C)C)C(=O)NCCCOC(C)C. The lowest BCUT2D eigenvalue weighted by atomic mass is 9.95. The molecule has 3 rings (SSSR count). The van der Waals surface area contributed by atoms with Crippen LogP contribution in [0.3, 0.4) is 0 Å². The second-order valence-corrected chi connectivity index (χ2v) is 11.4. The van der Waals surface area contributed by atoms with Crippen molar-refractivity contribution in [3.8, 4) is 0 Å². The van der Waals surface area contributed by atoms with Crippen LogP contribution in [-0.4, -0.2) is 58.7 Å². The molecule has 0 spiro atoms. The van der Waals surface area contributed by atoms with E-state index in [-0.39, 0.29) is 35.1 Å². The van der Waals surface area contributed by atoms with E-state index in [0.717, 1.165) is 12.0 Å². The van der Waals surface area contributed by atoms with Crippen molar-refractivity contribution in [3.63, 3.8) is 0 Å². The van der Waals surface area contributed by atoms with E-state index in [9.17, 15) is 14.4 Å². The summed E-state index contributed by atoms with van der Waals surface area (Å²) in [5.41, 5.74) is 1.61. The van der Waals surface area contributed by atoms with Crippen molar-refractivity contribution in [2.24, 2.45) is 5.92 Å². The van der Waals surface area contributed by atoms with Crippen LogP contribution in [0.15, 0.2) is 24.3 Å². The molecular weight excluding hydrogens is 438 g/mol. The van der Waals surface area contributed by atoms with Crippen LogP contribution in [0.1, 0.15) is 75.7 Å². The number of rotatable bonds is 10. The number of hydrogen-bond acceptors (Lipinski definition) is 5. The summed E-state index contributed by atoms with van der Waals surface area (Å²) in [4.78, 5) is 41.4. The number of carbonyl (C=O) groups is 3. The number of fused-ring (bicyclic) bond motifs is 3. The zero-order valence-corrected chi connectivity index (χ0v) is 21.3. The lowest BCUT2D eigenvalue weighted by Crippen LogP contribution is -2.58. The summed E-state index contributed by atoms with van der Waals surface area (Å²) < 4.78 is 5.04. The van der Waals surface area contributed by atoms with Crippen LogP contribution in [0.5, 0.6) is 0 Å². The number of amides is 3. The van der Waals surface area contributed by atoms with Gasteiger partial charge in [-0.3, -0.25) is 14.4 Å². The molecule has 0 aliphatic carbocycles. The van der Waals surface area contributed by atoms with Gasteiger partial charge in [0.25, 0.3) is 5.91 Å². The molecule has 2 aliphatic heterocycles.